The van der Waals surface area contributed by atoms with Crippen molar-refractivity contribution in [1.82, 2.24) is 0 Å². The van der Waals surface area contributed by atoms with Crippen LogP contribution in [0.5, 0.6) is 0 Å². The second-order valence-corrected chi connectivity index (χ2v) is 3.42. The first-order valence-corrected chi connectivity index (χ1v) is 4.73. The molecule has 5 heteroatoms. The number of hydrogen-bond donors (Lipinski definition) is 0. The van der Waals surface area contributed by atoms with Crippen LogP contribution in [0.4, 0.5) is 0 Å². The lowest BCUT2D eigenvalue weighted by molar-refractivity contribution is -0.168. The molecule has 0 aliphatic carbocycles. The summed E-state index contributed by atoms with van der Waals surface area (Å²) in [6.07, 6.45) is 1.07. The van der Waals surface area contributed by atoms with Crippen LogP contribution >= 0.6 is 23.2 Å². The molecule has 0 fully saturated rings. The van der Waals surface area contributed by atoms with Crippen molar-refractivity contribution in [1.29, 1.82) is 0 Å². The van der Waals surface area contributed by atoms with Gasteiger partial charge in [-0.3, -0.25) is 4.79 Å². The average molecular weight is 247 g/mol. The molecule has 0 spiro atoms. The first kappa shape index (κ1) is 11.9. The fraction of sp³-hybridized carbons (Fsp3) is 0.100. The summed E-state index contributed by atoms with van der Waals surface area (Å²) in [5, 5.41) is -1.43. The molecule has 0 bridgehead atoms. The SMILES string of the molecule is C=COC(Cl)(OC=O)c1ccccc1Cl. The van der Waals surface area contributed by atoms with Gasteiger partial charge in [-0.15, -0.1) is 0 Å². The van der Waals surface area contributed by atoms with Crippen molar-refractivity contribution in [2.24, 2.45) is 0 Å². The topological polar surface area (TPSA) is 35.5 Å². The Morgan fingerprint density at radius 1 is 1.33 bits per heavy atom. The van der Waals surface area contributed by atoms with Crippen molar-refractivity contribution in [2.45, 2.75) is 5.25 Å². The summed E-state index contributed by atoms with van der Waals surface area (Å²) in [4.78, 5) is 10.3. The molecule has 0 saturated heterocycles. The lowest BCUT2D eigenvalue weighted by Gasteiger charge is -2.24. The van der Waals surface area contributed by atoms with Gasteiger partial charge in [0, 0.05) is 0 Å². The van der Waals surface area contributed by atoms with E-state index in [1.165, 1.54) is 0 Å². The molecule has 1 aromatic carbocycles. The van der Waals surface area contributed by atoms with Crippen molar-refractivity contribution >= 4 is 29.7 Å². The van der Waals surface area contributed by atoms with Crippen molar-refractivity contribution in [3.05, 3.63) is 47.7 Å². The van der Waals surface area contributed by atoms with Crippen LogP contribution in [0.3, 0.4) is 0 Å². The maximum atomic E-state index is 10.3. The fourth-order valence-corrected chi connectivity index (χ4v) is 1.60. The number of carbonyl (C=O) groups excluding carboxylic acids is 1. The second kappa shape index (κ2) is 5.05. The minimum Gasteiger partial charge on any atom is -0.444 e. The smallest absolute Gasteiger partial charge is 0.364 e. The number of rotatable bonds is 5. The Morgan fingerprint density at radius 3 is 2.53 bits per heavy atom. The van der Waals surface area contributed by atoms with E-state index in [9.17, 15) is 4.79 Å². The second-order valence-electron chi connectivity index (χ2n) is 2.51. The van der Waals surface area contributed by atoms with E-state index < -0.39 is 5.25 Å². The van der Waals surface area contributed by atoms with Crippen LogP contribution in [-0.4, -0.2) is 6.47 Å². The van der Waals surface area contributed by atoms with E-state index in [0.717, 1.165) is 6.26 Å². The van der Waals surface area contributed by atoms with Crippen LogP contribution in [0, 0.1) is 0 Å². The molecule has 0 N–H and O–H groups in total. The normalized spacial score (nSPS) is 13.7. The average Bonchev–Trinajstić information content (AvgIpc) is 2.19. The zero-order chi connectivity index (χ0) is 11.3. The van der Waals surface area contributed by atoms with Crippen LogP contribution in [-0.2, 0) is 19.5 Å². The summed E-state index contributed by atoms with van der Waals surface area (Å²) >= 11 is 11.8. The third kappa shape index (κ3) is 2.64. The highest BCUT2D eigenvalue weighted by molar-refractivity contribution is 6.33. The fourth-order valence-electron chi connectivity index (χ4n) is 1.03. The van der Waals surface area contributed by atoms with E-state index in [2.05, 4.69) is 11.3 Å². The van der Waals surface area contributed by atoms with Crippen LogP contribution in [0.25, 0.3) is 0 Å². The molecule has 0 aliphatic heterocycles. The Kier molecular flexibility index (Phi) is 4.00. The van der Waals surface area contributed by atoms with Gasteiger partial charge in [0.1, 0.15) is 0 Å². The zero-order valence-corrected chi connectivity index (χ0v) is 9.16. The predicted octanol–water partition coefficient (Wildman–Crippen LogP) is 3.02. The van der Waals surface area contributed by atoms with Gasteiger partial charge in [0.25, 0.3) is 6.47 Å². The molecule has 1 atom stereocenters. The highest BCUT2D eigenvalue weighted by Crippen LogP contribution is 2.36. The molecule has 0 heterocycles. The zero-order valence-electron chi connectivity index (χ0n) is 7.65. The number of hydrogen-bond acceptors (Lipinski definition) is 3. The minimum atomic E-state index is -1.76. The third-order valence-electron chi connectivity index (χ3n) is 1.63. The standard InChI is InChI=1S/C10H8Cl2O3/c1-2-14-10(12,15-7-13)8-5-3-4-6-9(8)11/h2-7H,1H2. The van der Waals surface area contributed by atoms with Crippen molar-refractivity contribution in [2.75, 3.05) is 0 Å². The molecule has 15 heavy (non-hydrogen) atoms. The molecular weight excluding hydrogens is 239 g/mol. The molecule has 1 unspecified atom stereocenters. The Hall–Kier alpha value is -1.19. The van der Waals surface area contributed by atoms with Crippen LogP contribution in [0.2, 0.25) is 5.02 Å². The van der Waals surface area contributed by atoms with Gasteiger partial charge < -0.3 is 9.47 Å². The lowest BCUT2D eigenvalue weighted by Crippen LogP contribution is -2.24. The van der Waals surface area contributed by atoms with Crippen LogP contribution in [0.15, 0.2) is 37.1 Å². The van der Waals surface area contributed by atoms with Gasteiger partial charge in [-0.25, -0.2) is 0 Å². The number of ether oxygens (including phenoxy) is 2. The van der Waals surface area contributed by atoms with Gasteiger partial charge in [-0.05, 0) is 23.7 Å². The molecule has 0 saturated carbocycles. The summed E-state index contributed by atoms with van der Waals surface area (Å²) in [6.45, 7) is 3.52. The summed E-state index contributed by atoms with van der Waals surface area (Å²) in [6, 6.07) is 6.61. The Morgan fingerprint density at radius 2 is 2.00 bits per heavy atom. The lowest BCUT2D eigenvalue weighted by atomic mass is 10.2. The molecular formula is C10H8Cl2O3. The van der Waals surface area contributed by atoms with E-state index in [0.29, 0.717) is 10.6 Å². The van der Waals surface area contributed by atoms with E-state index in [1.807, 2.05) is 0 Å². The van der Waals surface area contributed by atoms with Crippen molar-refractivity contribution < 1.29 is 14.3 Å². The Labute approximate surface area is 97.2 Å². The number of halogens is 2. The summed E-state index contributed by atoms with van der Waals surface area (Å²) in [7, 11) is 0. The molecule has 0 aliphatic rings. The quantitative estimate of drug-likeness (QED) is 0.347. The van der Waals surface area contributed by atoms with Gasteiger partial charge in [-0.2, -0.15) is 0 Å². The molecule has 0 aromatic heterocycles. The van der Waals surface area contributed by atoms with E-state index >= 15 is 0 Å². The van der Waals surface area contributed by atoms with Crippen molar-refractivity contribution in [3.63, 3.8) is 0 Å². The largest absolute Gasteiger partial charge is 0.444 e. The van der Waals surface area contributed by atoms with E-state index in [-0.39, 0.29) is 6.47 Å². The number of alkyl halides is 1. The Bertz CT molecular complexity index is 355. The summed E-state index contributed by atoms with van der Waals surface area (Å²) < 4.78 is 9.57. The highest BCUT2D eigenvalue weighted by Gasteiger charge is 2.35. The molecule has 80 valence electrons. The van der Waals surface area contributed by atoms with Crippen molar-refractivity contribution in [3.8, 4) is 0 Å². The molecule has 3 nitrogen and oxygen atoms in total. The van der Waals surface area contributed by atoms with E-state index in [1.54, 1.807) is 24.3 Å². The van der Waals surface area contributed by atoms with Gasteiger partial charge in [0.15, 0.2) is 0 Å². The molecule has 0 radical (unpaired) electrons. The summed E-state index contributed by atoms with van der Waals surface area (Å²) in [5.74, 6) is 0. The van der Waals surface area contributed by atoms with Gasteiger partial charge >= 0.3 is 5.25 Å². The summed E-state index contributed by atoms with van der Waals surface area (Å²) in [5.41, 5.74) is 0.334. The maximum absolute atomic E-state index is 10.3. The highest BCUT2D eigenvalue weighted by atomic mass is 35.5. The maximum Gasteiger partial charge on any atom is 0.364 e. The number of carbonyl (C=O) groups is 1. The number of benzene rings is 1. The molecule has 0 amide bonds. The van der Waals surface area contributed by atoms with Gasteiger partial charge in [-0.1, -0.05) is 30.3 Å². The third-order valence-corrected chi connectivity index (χ3v) is 2.34. The molecule has 1 rings (SSSR count). The van der Waals surface area contributed by atoms with E-state index in [4.69, 9.17) is 27.9 Å². The van der Waals surface area contributed by atoms with Crippen LogP contribution in [0.1, 0.15) is 5.56 Å². The first-order valence-electron chi connectivity index (χ1n) is 3.98. The molecule has 1 aromatic rings. The first-order chi connectivity index (χ1) is 7.14. The van der Waals surface area contributed by atoms with Gasteiger partial charge in [0.05, 0.1) is 16.8 Å². The minimum absolute atomic E-state index is 0.180. The van der Waals surface area contributed by atoms with Gasteiger partial charge in [0.2, 0.25) is 0 Å². The Balaban J connectivity index is 3.13. The van der Waals surface area contributed by atoms with Crippen LogP contribution < -0.4 is 0 Å². The monoisotopic (exact) mass is 246 g/mol. The predicted molar refractivity (Wildman–Crippen MR) is 57.4 cm³/mol.